The van der Waals surface area contributed by atoms with Gasteiger partial charge in [0.2, 0.25) is 0 Å². The molecule has 5 nitrogen and oxygen atoms in total. The number of rotatable bonds is 7. The Kier molecular flexibility index (Phi) is 6.61. The number of carboxylic acids is 1. The van der Waals surface area contributed by atoms with E-state index in [2.05, 4.69) is 11.2 Å². The first-order valence-corrected chi connectivity index (χ1v) is 12.3. The molecule has 1 aromatic heterocycles. The summed E-state index contributed by atoms with van der Waals surface area (Å²) < 4.78 is 11.9. The molecule has 1 N–H and O–H groups in total. The highest BCUT2D eigenvalue weighted by molar-refractivity contribution is 6.39. The Balaban J connectivity index is 1.38. The molecule has 7 heteroatoms. The van der Waals surface area contributed by atoms with Gasteiger partial charge in [0, 0.05) is 11.5 Å². The molecule has 3 aromatic carbocycles. The predicted octanol–water partition coefficient (Wildman–Crippen LogP) is 8.15. The first-order chi connectivity index (χ1) is 17.3. The van der Waals surface area contributed by atoms with Gasteiger partial charge in [0.1, 0.15) is 23.8 Å². The van der Waals surface area contributed by atoms with Crippen molar-refractivity contribution in [3.8, 4) is 17.0 Å². The third-order valence-corrected chi connectivity index (χ3v) is 6.86. The maximum absolute atomic E-state index is 11.4. The van der Waals surface area contributed by atoms with Crippen LogP contribution >= 0.6 is 23.2 Å². The van der Waals surface area contributed by atoms with Crippen molar-refractivity contribution < 1.29 is 19.2 Å². The molecule has 4 aromatic rings. The topological polar surface area (TPSA) is 72.6 Å². The molecule has 5 rings (SSSR count). The van der Waals surface area contributed by atoms with Gasteiger partial charge in [0.15, 0.2) is 0 Å². The monoisotopic (exact) mass is 519 g/mol. The average Bonchev–Trinajstić information content (AvgIpc) is 3.47. The Morgan fingerprint density at radius 2 is 1.83 bits per heavy atom. The molecule has 0 unspecified atom stereocenters. The van der Waals surface area contributed by atoms with Gasteiger partial charge in [0.05, 0.1) is 21.2 Å². The minimum atomic E-state index is -0.935. The SMILES string of the molecule is CC(C)c1onc(-c2c(Cl)cccc2Cl)c1COc1ccc2c(c1)CC(c1cccc(C(=O)O)c1)=C2. The number of hydrogen-bond donors (Lipinski definition) is 1. The molecular weight excluding hydrogens is 497 g/mol. The second kappa shape index (κ2) is 9.84. The van der Waals surface area contributed by atoms with Crippen molar-refractivity contribution in [2.24, 2.45) is 0 Å². The molecule has 0 saturated carbocycles. The van der Waals surface area contributed by atoms with Gasteiger partial charge in [-0.3, -0.25) is 0 Å². The summed E-state index contributed by atoms with van der Waals surface area (Å²) in [5.74, 6) is 0.606. The maximum atomic E-state index is 11.4. The van der Waals surface area contributed by atoms with Crippen LogP contribution in [-0.2, 0) is 13.0 Å². The van der Waals surface area contributed by atoms with Crippen molar-refractivity contribution in [1.29, 1.82) is 0 Å². The van der Waals surface area contributed by atoms with Crippen molar-refractivity contribution >= 4 is 40.8 Å². The van der Waals surface area contributed by atoms with Crippen LogP contribution in [0.15, 0.2) is 65.2 Å². The fourth-order valence-corrected chi connectivity index (χ4v) is 5.01. The summed E-state index contributed by atoms with van der Waals surface area (Å²) >= 11 is 12.9. The maximum Gasteiger partial charge on any atom is 0.335 e. The lowest BCUT2D eigenvalue weighted by molar-refractivity contribution is 0.0697. The quantitative estimate of drug-likeness (QED) is 0.266. The smallest absolute Gasteiger partial charge is 0.335 e. The molecule has 0 spiro atoms. The van der Waals surface area contributed by atoms with Gasteiger partial charge in [-0.25, -0.2) is 4.79 Å². The number of fused-ring (bicyclic) bond motifs is 1. The Morgan fingerprint density at radius 1 is 1.08 bits per heavy atom. The molecule has 1 aliphatic carbocycles. The first-order valence-electron chi connectivity index (χ1n) is 11.5. The van der Waals surface area contributed by atoms with Crippen molar-refractivity contribution in [2.75, 3.05) is 0 Å². The van der Waals surface area contributed by atoms with E-state index in [9.17, 15) is 9.90 Å². The average molecular weight is 520 g/mol. The van der Waals surface area contributed by atoms with Gasteiger partial charge in [0.25, 0.3) is 0 Å². The van der Waals surface area contributed by atoms with E-state index in [-0.39, 0.29) is 18.1 Å². The molecule has 182 valence electrons. The number of carbonyl (C=O) groups is 1. The van der Waals surface area contributed by atoms with E-state index in [0.717, 1.165) is 39.3 Å². The number of ether oxygens (including phenoxy) is 1. The summed E-state index contributed by atoms with van der Waals surface area (Å²) in [6, 6.07) is 18.3. The lowest BCUT2D eigenvalue weighted by atomic mass is 10.0. The number of allylic oxidation sites excluding steroid dienone is 1. The van der Waals surface area contributed by atoms with E-state index in [1.165, 1.54) is 0 Å². The van der Waals surface area contributed by atoms with Crippen LogP contribution in [0.4, 0.5) is 0 Å². The highest BCUT2D eigenvalue weighted by atomic mass is 35.5. The van der Waals surface area contributed by atoms with Crippen LogP contribution < -0.4 is 4.74 Å². The summed E-state index contributed by atoms with van der Waals surface area (Å²) in [7, 11) is 0. The molecule has 0 bridgehead atoms. The normalized spacial score (nSPS) is 12.5. The number of hydrogen-bond acceptors (Lipinski definition) is 4. The summed E-state index contributed by atoms with van der Waals surface area (Å²) in [4.78, 5) is 11.4. The van der Waals surface area contributed by atoms with E-state index >= 15 is 0 Å². The summed E-state index contributed by atoms with van der Waals surface area (Å²) in [6.07, 6.45) is 2.79. The molecule has 1 aliphatic rings. The summed E-state index contributed by atoms with van der Waals surface area (Å²) in [5.41, 5.74) is 6.48. The van der Waals surface area contributed by atoms with Crippen molar-refractivity contribution in [2.45, 2.75) is 32.8 Å². The third-order valence-electron chi connectivity index (χ3n) is 6.23. The van der Waals surface area contributed by atoms with Crippen LogP contribution in [-0.4, -0.2) is 16.2 Å². The molecule has 0 fully saturated rings. The molecule has 0 aliphatic heterocycles. The Labute approximate surface area is 218 Å². The molecule has 0 amide bonds. The Morgan fingerprint density at radius 3 is 2.56 bits per heavy atom. The van der Waals surface area contributed by atoms with Gasteiger partial charge < -0.3 is 14.4 Å². The first kappa shape index (κ1) is 24.2. The standard InChI is InChI=1S/C29H23Cl2NO4/c1-16(2)28-23(27(32-36-28)26-24(30)7-4-8-25(26)31)15-35-22-10-9-18-12-20(13-21(18)14-22)17-5-3-6-19(11-17)29(33)34/h3-12,14,16H,13,15H2,1-2H3,(H,33,34). The van der Waals surface area contributed by atoms with Crippen LogP contribution in [0.2, 0.25) is 10.0 Å². The van der Waals surface area contributed by atoms with Crippen LogP contribution in [0.25, 0.3) is 22.9 Å². The van der Waals surface area contributed by atoms with Crippen LogP contribution in [0.5, 0.6) is 5.75 Å². The number of carboxylic acid groups (broad SMARTS) is 1. The van der Waals surface area contributed by atoms with E-state index in [1.807, 2.05) is 38.1 Å². The number of aromatic nitrogens is 1. The Bertz CT molecular complexity index is 1480. The van der Waals surface area contributed by atoms with Gasteiger partial charge in [-0.05, 0) is 65.1 Å². The zero-order chi connectivity index (χ0) is 25.4. The third kappa shape index (κ3) is 4.64. The minimum absolute atomic E-state index is 0.0967. The van der Waals surface area contributed by atoms with Crippen LogP contribution in [0.1, 0.15) is 58.1 Å². The van der Waals surface area contributed by atoms with Gasteiger partial charge >= 0.3 is 5.97 Å². The fourth-order valence-electron chi connectivity index (χ4n) is 4.44. The summed E-state index contributed by atoms with van der Waals surface area (Å²) in [6.45, 7) is 4.31. The largest absolute Gasteiger partial charge is 0.489 e. The van der Waals surface area contributed by atoms with Gasteiger partial charge in [-0.15, -0.1) is 0 Å². The van der Waals surface area contributed by atoms with Crippen LogP contribution in [0, 0.1) is 0 Å². The molecule has 0 atom stereocenters. The van der Waals surface area contributed by atoms with E-state index < -0.39 is 5.97 Å². The second-order valence-electron chi connectivity index (χ2n) is 9.01. The molecule has 1 heterocycles. The predicted molar refractivity (Wildman–Crippen MR) is 142 cm³/mol. The highest BCUT2D eigenvalue weighted by Crippen LogP contribution is 2.39. The molecule has 36 heavy (non-hydrogen) atoms. The fraction of sp³-hybridized carbons (Fsp3) is 0.172. The molecule has 0 saturated heterocycles. The summed E-state index contributed by atoms with van der Waals surface area (Å²) in [5, 5.41) is 14.6. The molecular formula is C29H23Cl2NO4. The zero-order valence-electron chi connectivity index (χ0n) is 19.7. The Hall–Kier alpha value is -3.54. The zero-order valence-corrected chi connectivity index (χ0v) is 21.2. The van der Waals surface area contributed by atoms with Crippen molar-refractivity contribution in [3.05, 3.63) is 104 Å². The van der Waals surface area contributed by atoms with E-state index in [4.69, 9.17) is 32.5 Å². The van der Waals surface area contributed by atoms with Crippen molar-refractivity contribution in [3.63, 3.8) is 0 Å². The van der Waals surface area contributed by atoms with Gasteiger partial charge in [-0.1, -0.05) is 72.5 Å². The second-order valence-corrected chi connectivity index (χ2v) is 9.82. The van der Waals surface area contributed by atoms with Crippen molar-refractivity contribution in [1.82, 2.24) is 5.16 Å². The number of halogens is 2. The van der Waals surface area contributed by atoms with E-state index in [0.29, 0.717) is 27.7 Å². The minimum Gasteiger partial charge on any atom is -0.489 e. The highest BCUT2D eigenvalue weighted by Gasteiger charge is 2.24. The lowest BCUT2D eigenvalue weighted by Gasteiger charge is -2.11. The lowest BCUT2D eigenvalue weighted by Crippen LogP contribution is -2.02. The van der Waals surface area contributed by atoms with Gasteiger partial charge in [-0.2, -0.15) is 0 Å². The van der Waals surface area contributed by atoms with E-state index in [1.54, 1.807) is 36.4 Å². The van der Waals surface area contributed by atoms with Crippen LogP contribution in [0.3, 0.4) is 0 Å². The molecule has 0 radical (unpaired) electrons. The number of nitrogens with zero attached hydrogens (tertiary/aromatic N) is 1. The number of benzene rings is 3. The number of aromatic carboxylic acids is 1.